The number of benzene rings is 1. The number of Topliss-reactive ketones (excluding diaryl/α,β-unsaturated/α-hetero) is 1. The van der Waals surface area contributed by atoms with Crippen LogP contribution in [-0.4, -0.2) is 29.8 Å². The first-order chi connectivity index (χ1) is 10.7. The highest BCUT2D eigenvalue weighted by molar-refractivity contribution is 5.89. The minimum absolute atomic E-state index is 0.128. The van der Waals surface area contributed by atoms with E-state index < -0.39 is 0 Å². The second-order valence-electron chi connectivity index (χ2n) is 7.28. The molecule has 1 aromatic carbocycles. The summed E-state index contributed by atoms with van der Waals surface area (Å²) >= 11 is 0. The molecule has 4 rings (SSSR count). The number of carbonyl (C=O) groups excluding carboxylic acids is 1. The van der Waals surface area contributed by atoms with E-state index in [4.69, 9.17) is 0 Å². The molecule has 3 aliphatic rings. The van der Waals surface area contributed by atoms with Crippen molar-refractivity contribution >= 4 is 5.78 Å². The molecular weight excluding hydrogens is 270 g/mol. The predicted octanol–water partition coefficient (Wildman–Crippen LogP) is 4.09. The van der Waals surface area contributed by atoms with Crippen LogP contribution in [0, 0.1) is 11.3 Å². The molecule has 1 aromatic rings. The van der Waals surface area contributed by atoms with Gasteiger partial charge in [0, 0.05) is 12.5 Å². The molecule has 2 nitrogen and oxygen atoms in total. The maximum Gasteiger partial charge on any atom is 0.154 e. The van der Waals surface area contributed by atoms with Gasteiger partial charge in [0.15, 0.2) is 5.78 Å². The number of hydrogen-bond donors (Lipinski definition) is 0. The van der Waals surface area contributed by atoms with Crippen molar-refractivity contribution in [2.75, 3.05) is 13.1 Å². The summed E-state index contributed by atoms with van der Waals surface area (Å²) in [5.41, 5.74) is 1.57. The van der Waals surface area contributed by atoms with Gasteiger partial charge in [-0.05, 0) is 43.2 Å². The Kier molecular flexibility index (Phi) is 4.67. The second kappa shape index (κ2) is 6.54. The molecule has 2 bridgehead atoms. The molecule has 0 aliphatic carbocycles. The Balaban J connectivity index is 1.80. The van der Waals surface area contributed by atoms with E-state index in [1.807, 2.05) is 6.07 Å². The first-order valence-electron chi connectivity index (χ1n) is 9.02. The van der Waals surface area contributed by atoms with Crippen LogP contribution in [0.1, 0.15) is 51.5 Å². The SMILES string of the molecule is CCCC1(CCC)CN2CCC1C(=O)C2Cc1ccccc1. The van der Waals surface area contributed by atoms with E-state index in [2.05, 4.69) is 43.0 Å². The van der Waals surface area contributed by atoms with Crippen LogP contribution in [0.25, 0.3) is 0 Å². The molecule has 22 heavy (non-hydrogen) atoms. The van der Waals surface area contributed by atoms with Crippen molar-refractivity contribution in [3.8, 4) is 0 Å². The molecule has 3 heterocycles. The van der Waals surface area contributed by atoms with Crippen molar-refractivity contribution in [1.82, 2.24) is 4.90 Å². The highest BCUT2D eigenvalue weighted by Gasteiger charge is 2.53. The summed E-state index contributed by atoms with van der Waals surface area (Å²) in [7, 11) is 0. The molecule has 3 unspecified atom stereocenters. The fourth-order valence-corrected chi connectivity index (χ4v) is 5.01. The van der Waals surface area contributed by atoms with Crippen molar-refractivity contribution in [2.45, 2.75) is 58.4 Å². The number of carbonyl (C=O) groups is 1. The third-order valence-corrected chi connectivity index (χ3v) is 5.84. The van der Waals surface area contributed by atoms with Gasteiger partial charge in [-0.3, -0.25) is 9.69 Å². The molecule has 3 aliphatic heterocycles. The topological polar surface area (TPSA) is 20.3 Å². The standard InChI is InChI=1S/C20H29NO/c1-3-11-20(12-4-2)15-21-13-10-17(20)19(22)18(21)14-16-8-6-5-7-9-16/h5-9,17-18H,3-4,10-15H2,1-2H3. The average Bonchev–Trinajstić information content (AvgIpc) is 2.52. The summed E-state index contributed by atoms with van der Waals surface area (Å²) in [6.07, 6.45) is 6.80. The molecule has 120 valence electrons. The molecule has 0 aromatic heterocycles. The zero-order chi connectivity index (χ0) is 15.6. The van der Waals surface area contributed by atoms with E-state index in [-0.39, 0.29) is 11.5 Å². The first-order valence-corrected chi connectivity index (χ1v) is 9.02. The zero-order valence-corrected chi connectivity index (χ0v) is 14.1. The Morgan fingerprint density at radius 3 is 2.41 bits per heavy atom. The van der Waals surface area contributed by atoms with Crippen LogP contribution in [0.4, 0.5) is 0 Å². The van der Waals surface area contributed by atoms with Gasteiger partial charge in [-0.15, -0.1) is 0 Å². The number of ketones is 1. The van der Waals surface area contributed by atoms with Crippen molar-refractivity contribution < 1.29 is 4.79 Å². The van der Waals surface area contributed by atoms with Crippen molar-refractivity contribution in [1.29, 1.82) is 0 Å². The number of rotatable bonds is 6. The van der Waals surface area contributed by atoms with Crippen LogP contribution >= 0.6 is 0 Å². The van der Waals surface area contributed by atoms with E-state index >= 15 is 0 Å². The lowest BCUT2D eigenvalue weighted by atomic mass is 9.59. The van der Waals surface area contributed by atoms with Crippen LogP contribution in [0.15, 0.2) is 30.3 Å². The second-order valence-corrected chi connectivity index (χ2v) is 7.28. The maximum absolute atomic E-state index is 13.1. The van der Waals surface area contributed by atoms with Crippen LogP contribution < -0.4 is 0 Å². The van der Waals surface area contributed by atoms with E-state index in [0.29, 0.717) is 11.7 Å². The van der Waals surface area contributed by atoms with Gasteiger partial charge in [0.1, 0.15) is 0 Å². The van der Waals surface area contributed by atoms with Crippen LogP contribution in [0.3, 0.4) is 0 Å². The van der Waals surface area contributed by atoms with Gasteiger partial charge < -0.3 is 0 Å². The van der Waals surface area contributed by atoms with Crippen molar-refractivity contribution in [2.24, 2.45) is 11.3 Å². The number of hydrogen-bond acceptors (Lipinski definition) is 2. The summed E-state index contributed by atoms with van der Waals surface area (Å²) in [4.78, 5) is 15.6. The molecule has 2 heteroatoms. The quantitative estimate of drug-likeness (QED) is 0.788. The molecule has 0 radical (unpaired) electrons. The zero-order valence-electron chi connectivity index (χ0n) is 14.1. The highest BCUT2D eigenvalue weighted by Crippen LogP contribution is 2.49. The van der Waals surface area contributed by atoms with Gasteiger partial charge >= 0.3 is 0 Å². The van der Waals surface area contributed by atoms with Gasteiger partial charge in [-0.25, -0.2) is 0 Å². The summed E-state index contributed by atoms with van der Waals surface area (Å²) in [6, 6.07) is 10.6. The average molecular weight is 299 g/mol. The van der Waals surface area contributed by atoms with Gasteiger partial charge in [0.25, 0.3) is 0 Å². The smallest absolute Gasteiger partial charge is 0.154 e. The third-order valence-electron chi connectivity index (χ3n) is 5.84. The van der Waals surface area contributed by atoms with Crippen LogP contribution in [0.2, 0.25) is 0 Å². The molecule has 0 amide bonds. The van der Waals surface area contributed by atoms with Crippen molar-refractivity contribution in [3.05, 3.63) is 35.9 Å². The summed E-state index contributed by atoms with van der Waals surface area (Å²) in [5.74, 6) is 0.842. The number of piperidine rings is 3. The Labute approximate surface area is 134 Å². The molecule has 0 N–H and O–H groups in total. The summed E-state index contributed by atoms with van der Waals surface area (Å²) in [6.45, 7) is 6.79. The van der Waals surface area contributed by atoms with Crippen LogP contribution in [0.5, 0.6) is 0 Å². The molecule has 3 atom stereocenters. The monoisotopic (exact) mass is 299 g/mol. The summed E-state index contributed by atoms with van der Waals surface area (Å²) < 4.78 is 0. The lowest BCUT2D eigenvalue weighted by Crippen LogP contribution is -2.64. The van der Waals surface area contributed by atoms with Crippen molar-refractivity contribution in [3.63, 3.8) is 0 Å². The van der Waals surface area contributed by atoms with Gasteiger partial charge in [0.2, 0.25) is 0 Å². The molecule has 0 saturated carbocycles. The summed E-state index contributed by atoms with van der Waals surface area (Å²) in [5, 5.41) is 0. The van der Waals surface area contributed by atoms with E-state index in [1.165, 1.54) is 31.2 Å². The fourth-order valence-electron chi connectivity index (χ4n) is 5.01. The largest absolute Gasteiger partial charge is 0.298 e. The Morgan fingerprint density at radius 1 is 1.14 bits per heavy atom. The van der Waals surface area contributed by atoms with E-state index in [0.717, 1.165) is 25.9 Å². The predicted molar refractivity (Wildman–Crippen MR) is 90.9 cm³/mol. The Morgan fingerprint density at radius 2 is 1.82 bits per heavy atom. The molecular formula is C20H29NO. The van der Waals surface area contributed by atoms with Gasteiger partial charge in [0.05, 0.1) is 6.04 Å². The molecule has 3 saturated heterocycles. The Bertz CT molecular complexity index is 504. The minimum Gasteiger partial charge on any atom is -0.298 e. The normalized spacial score (nSPS) is 29.7. The minimum atomic E-state index is 0.128. The maximum atomic E-state index is 13.1. The lowest BCUT2D eigenvalue weighted by Gasteiger charge is -2.56. The highest BCUT2D eigenvalue weighted by atomic mass is 16.1. The lowest BCUT2D eigenvalue weighted by molar-refractivity contribution is -0.152. The van der Waals surface area contributed by atoms with E-state index in [1.54, 1.807) is 0 Å². The van der Waals surface area contributed by atoms with Gasteiger partial charge in [-0.2, -0.15) is 0 Å². The third kappa shape index (κ3) is 2.74. The number of nitrogens with zero attached hydrogens (tertiary/aromatic N) is 1. The molecule has 0 spiro atoms. The van der Waals surface area contributed by atoms with Crippen LogP contribution in [-0.2, 0) is 11.2 Å². The fraction of sp³-hybridized carbons (Fsp3) is 0.650. The van der Waals surface area contributed by atoms with Gasteiger partial charge in [-0.1, -0.05) is 57.0 Å². The first kappa shape index (κ1) is 15.7. The molecule has 3 fully saturated rings. The Hall–Kier alpha value is -1.15. The number of fused-ring (bicyclic) bond motifs is 3. The van der Waals surface area contributed by atoms with E-state index in [9.17, 15) is 4.79 Å².